The molecule has 11 rings (SSSR count). The summed E-state index contributed by atoms with van der Waals surface area (Å²) in [5.41, 5.74) is 19.2. The van der Waals surface area contributed by atoms with Gasteiger partial charge in [-0.3, -0.25) is 0 Å². The monoisotopic (exact) mass is 863 g/mol. The third-order valence-electron chi connectivity index (χ3n) is 14.7. The van der Waals surface area contributed by atoms with Crippen LogP contribution in [0, 0.1) is 0 Å². The summed E-state index contributed by atoms with van der Waals surface area (Å²) in [6, 6.07) is 59.3. The highest BCUT2D eigenvalue weighted by atomic mass is 32.1. The van der Waals surface area contributed by atoms with Gasteiger partial charge in [-0.2, -0.15) is 0 Å². The number of thiophene rings is 1. The lowest BCUT2D eigenvalue weighted by atomic mass is 9.68. The lowest BCUT2D eigenvalue weighted by Crippen LogP contribution is -2.27. The summed E-state index contributed by atoms with van der Waals surface area (Å²) >= 11 is 1.92. The number of benzene rings is 8. The van der Waals surface area contributed by atoms with E-state index in [1.165, 1.54) is 115 Å². The molecule has 1 spiro atoms. The van der Waals surface area contributed by atoms with E-state index in [1.807, 2.05) is 11.3 Å². The van der Waals surface area contributed by atoms with Crippen LogP contribution in [0.4, 0.5) is 17.1 Å². The minimum absolute atomic E-state index is 0.0156. The van der Waals surface area contributed by atoms with Gasteiger partial charge in [0.15, 0.2) is 0 Å². The normalized spacial score (nSPS) is 14.3. The predicted octanol–water partition coefficient (Wildman–Crippen LogP) is 18.2. The number of hydrogen-bond donors (Lipinski definition) is 0. The Morgan fingerprint density at radius 1 is 0.385 bits per heavy atom. The fourth-order valence-corrected chi connectivity index (χ4v) is 12.2. The van der Waals surface area contributed by atoms with Crippen LogP contribution in [0.15, 0.2) is 152 Å². The maximum atomic E-state index is 2.61. The Morgan fingerprint density at radius 2 is 0.908 bits per heavy atom. The standard InChI is InChI=1S/C63H61NS/c1-59(2,3)39-25-28-47-48-29-26-40(60(4,5)6)36-53(48)63(52(47)35-39)51-22-16-15-20-46(51)49-30-27-43(37-54(49)63)64(44-33-41(61(7,8)9)32-42(34-44)62(10,11)12)55-23-17-21-50-57-45-19-14-13-18-38(45)24-31-56(57)65-58(50)55/h13-37H,1-12H3. The van der Waals surface area contributed by atoms with E-state index in [2.05, 4.69) is 240 Å². The van der Waals surface area contributed by atoms with Crippen molar-refractivity contribution in [3.63, 3.8) is 0 Å². The minimum atomic E-state index is -0.507. The third kappa shape index (κ3) is 6.30. The van der Waals surface area contributed by atoms with Crippen LogP contribution in [0.3, 0.4) is 0 Å². The molecule has 8 aromatic carbocycles. The van der Waals surface area contributed by atoms with Gasteiger partial charge in [-0.05, 0) is 136 Å². The van der Waals surface area contributed by atoms with Gasteiger partial charge in [0, 0.05) is 26.8 Å². The van der Waals surface area contributed by atoms with Crippen molar-refractivity contribution in [1.82, 2.24) is 0 Å². The average molecular weight is 864 g/mol. The lowest BCUT2D eigenvalue weighted by molar-refractivity contribution is 0.569. The molecule has 2 heteroatoms. The Kier molecular flexibility index (Phi) is 9.00. The molecule has 0 amide bonds. The second kappa shape index (κ2) is 14.0. The van der Waals surface area contributed by atoms with Gasteiger partial charge in [0.1, 0.15) is 0 Å². The van der Waals surface area contributed by atoms with Gasteiger partial charge in [0.2, 0.25) is 0 Å². The van der Waals surface area contributed by atoms with Gasteiger partial charge >= 0.3 is 0 Å². The van der Waals surface area contributed by atoms with Crippen molar-refractivity contribution in [3.8, 4) is 22.3 Å². The van der Waals surface area contributed by atoms with Crippen molar-refractivity contribution in [1.29, 1.82) is 0 Å². The summed E-state index contributed by atoms with van der Waals surface area (Å²) in [5, 5.41) is 5.24. The summed E-state index contributed by atoms with van der Waals surface area (Å²) < 4.78 is 2.62. The molecule has 65 heavy (non-hydrogen) atoms. The van der Waals surface area contributed by atoms with Crippen molar-refractivity contribution in [3.05, 3.63) is 196 Å². The molecule has 1 heterocycles. The number of nitrogens with zero attached hydrogens (tertiary/aromatic N) is 1. The van der Waals surface area contributed by atoms with Crippen molar-refractivity contribution < 1.29 is 0 Å². The molecule has 0 saturated carbocycles. The Balaban J connectivity index is 1.26. The molecular weight excluding hydrogens is 803 g/mol. The van der Waals surface area contributed by atoms with Gasteiger partial charge in [-0.25, -0.2) is 0 Å². The van der Waals surface area contributed by atoms with E-state index < -0.39 is 5.41 Å². The fourth-order valence-electron chi connectivity index (χ4n) is 11.0. The highest BCUT2D eigenvalue weighted by Crippen LogP contribution is 2.64. The van der Waals surface area contributed by atoms with Gasteiger partial charge in [0.25, 0.3) is 0 Å². The molecule has 0 N–H and O–H groups in total. The molecule has 2 aliphatic rings. The SMILES string of the molecule is CC(C)(C)c1cc(N(c2ccc3c(c2)C2(c4ccccc4-3)c3cc(C(C)(C)C)ccc3-c3ccc(C(C)(C)C)cc32)c2cccc3c2sc2ccc4ccccc4c23)cc(C(C)(C)C)c1. The van der Waals surface area contributed by atoms with Crippen LogP contribution in [-0.4, -0.2) is 0 Å². The first kappa shape index (κ1) is 41.7. The quantitative estimate of drug-likeness (QED) is 0.171. The Bertz CT molecular complexity index is 3320. The van der Waals surface area contributed by atoms with E-state index in [9.17, 15) is 0 Å². The molecule has 324 valence electrons. The lowest BCUT2D eigenvalue weighted by Gasteiger charge is -2.34. The number of hydrogen-bond acceptors (Lipinski definition) is 2. The third-order valence-corrected chi connectivity index (χ3v) is 15.9. The zero-order valence-electron chi connectivity index (χ0n) is 40.3. The fraction of sp³-hybridized carbons (Fsp3) is 0.270. The van der Waals surface area contributed by atoms with Crippen LogP contribution in [-0.2, 0) is 27.1 Å². The molecule has 0 unspecified atom stereocenters. The van der Waals surface area contributed by atoms with Crippen LogP contribution in [0.2, 0.25) is 0 Å². The Hall–Kier alpha value is -5.96. The van der Waals surface area contributed by atoms with Crippen LogP contribution < -0.4 is 4.90 Å². The summed E-state index contributed by atoms with van der Waals surface area (Å²) in [4.78, 5) is 2.61. The topological polar surface area (TPSA) is 3.24 Å². The highest BCUT2D eigenvalue weighted by molar-refractivity contribution is 7.26. The summed E-state index contributed by atoms with van der Waals surface area (Å²) in [7, 11) is 0. The number of fused-ring (bicyclic) bond motifs is 15. The van der Waals surface area contributed by atoms with Crippen LogP contribution in [0.25, 0.3) is 53.2 Å². The van der Waals surface area contributed by atoms with Crippen molar-refractivity contribution >= 4 is 59.3 Å². The Morgan fingerprint density at radius 3 is 1.52 bits per heavy atom. The molecule has 0 aliphatic heterocycles. The molecule has 0 atom stereocenters. The van der Waals surface area contributed by atoms with Crippen LogP contribution >= 0.6 is 11.3 Å². The van der Waals surface area contributed by atoms with E-state index in [0.29, 0.717) is 0 Å². The summed E-state index contributed by atoms with van der Waals surface area (Å²) in [5.74, 6) is 0. The molecule has 0 fully saturated rings. The molecule has 0 bridgehead atoms. The first-order valence-electron chi connectivity index (χ1n) is 23.6. The zero-order chi connectivity index (χ0) is 45.6. The van der Waals surface area contributed by atoms with Gasteiger partial charge in [0.05, 0.1) is 15.8 Å². The van der Waals surface area contributed by atoms with Crippen LogP contribution in [0.1, 0.15) is 128 Å². The first-order chi connectivity index (χ1) is 30.7. The number of anilines is 3. The van der Waals surface area contributed by atoms with Gasteiger partial charge < -0.3 is 4.90 Å². The Labute approximate surface area is 390 Å². The first-order valence-corrected chi connectivity index (χ1v) is 24.4. The second-order valence-corrected chi connectivity index (χ2v) is 24.1. The summed E-state index contributed by atoms with van der Waals surface area (Å²) in [6.45, 7) is 28.2. The van der Waals surface area contributed by atoms with Gasteiger partial charge in [-0.1, -0.05) is 198 Å². The molecule has 1 aromatic heterocycles. The molecule has 2 aliphatic carbocycles. The number of rotatable bonds is 3. The molecule has 9 aromatic rings. The molecule has 1 nitrogen and oxygen atoms in total. The van der Waals surface area contributed by atoms with E-state index in [0.717, 1.165) is 0 Å². The van der Waals surface area contributed by atoms with E-state index in [-0.39, 0.29) is 21.7 Å². The van der Waals surface area contributed by atoms with Crippen LogP contribution in [0.5, 0.6) is 0 Å². The van der Waals surface area contributed by atoms with E-state index >= 15 is 0 Å². The smallest absolute Gasteiger partial charge is 0.0726 e. The van der Waals surface area contributed by atoms with E-state index in [1.54, 1.807) is 0 Å². The minimum Gasteiger partial charge on any atom is -0.309 e. The zero-order valence-corrected chi connectivity index (χ0v) is 41.1. The van der Waals surface area contributed by atoms with Crippen molar-refractivity contribution in [2.75, 3.05) is 4.90 Å². The summed E-state index contributed by atoms with van der Waals surface area (Å²) in [6.07, 6.45) is 0. The second-order valence-electron chi connectivity index (χ2n) is 23.1. The molecule has 0 radical (unpaired) electrons. The van der Waals surface area contributed by atoms with Crippen molar-refractivity contribution in [2.24, 2.45) is 0 Å². The maximum absolute atomic E-state index is 2.61. The molecular formula is C63H61NS. The molecule has 0 saturated heterocycles. The van der Waals surface area contributed by atoms with E-state index in [4.69, 9.17) is 0 Å². The maximum Gasteiger partial charge on any atom is 0.0726 e. The largest absolute Gasteiger partial charge is 0.309 e. The average Bonchev–Trinajstić information content (AvgIpc) is 3.89. The highest BCUT2D eigenvalue weighted by Gasteiger charge is 2.52. The predicted molar refractivity (Wildman–Crippen MR) is 283 cm³/mol. The van der Waals surface area contributed by atoms with Crippen molar-refractivity contribution in [2.45, 2.75) is 110 Å². The van der Waals surface area contributed by atoms with Gasteiger partial charge in [-0.15, -0.1) is 11.3 Å².